The molecule has 2 saturated carbocycles. The number of hydrogen-bond donors (Lipinski definition) is 2. The van der Waals surface area contributed by atoms with Crippen LogP contribution in [0.3, 0.4) is 0 Å². The highest BCUT2D eigenvalue weighted by Crippen LogP contribution is 2.55. The molecule has 2 saturated heterocycles. The lowest BCUT2D eigenvalue weighted by Gasteiger charge is -2.57. The third-order valence-electron chi connectivity index (χ3n) is 7.30. The van der Waals surface area contributed by atoms with E-state index in [2.05, 4.69) is 10.2 Å². The van der Waals surface area contributed by atoms with Crippen LogP contribution in [0.4, 0.5) is 0 Å². The largest absolute Gasteiger partial charge is 0.367 e. The van der Waals surface area contributed by atoms with E-state index in [1.807, 2.05) is 6.92 Å². The maximum atomic E-state index is 13.0. The van der Waals surface area contributed by atoms with Gasteiger partial charge >= 0.3 is 5.97 Å². The average Bonchev–Trinajstić information content (AvgIpc) is 2.70. The third-order valence-corrected chi connectivity index (χ3v) is 7.30. The minimum atomic E-state index is -1.48. The molecule has 2 aliphatic heterocycles. The van der Waals surface area contributed by atoms with E-state index in [-0.39, 0.29) is 5.92 Å². The van der Waals surface area contributed by atoms with Crippen LogP contribution in [0.5, 0.6) is 0 Å². The Bertz CT molecular complexity index is 642. The number of Topliss-reactive ketones (excluding diaryl/α,β-unsaturated/α-hetero) is 2. The van der Waals surface area contributed by atoms with Crippen LogP contribution < -0.4 is 11.1 Å². The Labute approximate surface area is 159 Å². The third kappa shape index (κ3) is 2.68. The van der Waals surface area contributed by atoms with Crippen LogP contribution in [-0.2, 0) is 19.2 Å². The van der Waals surface area contributed by atoms with Crippen LogP contribution >= 0.6 is 0 Å². The van der Waals surface area contributed by atoms with E-state index in [4.69, 9.17) is 10.6 Å². The molecule has 0 amide bonds. The standard InChI is InChI=1S/C19H30N4O4/c1-13-3-2-6-18(15(24)16(25)19(13,18)20)17(26)27-23-11-9-22(10-12-23)14-4-7-21-8-5-14/h13-14,21H,2-12,20H2,1H3. The summed E-state index contributed by atoms with van der Waals surface area (Å²) in [5.41, 5.74) is 3.47. The molecule has 4 aliphatic rings. The van der Waals surface area contributed by atoms with Crippen molar-refractivity contribution in [1.29, 1.82) is 0 Å². The van der Waals surface area contributed by atoms with Crippen molar-refractivity contribution in [2.24, 2.45) is 17.1 Å². The Morgan fingerprint density at radius 3 is 2.44 bits per heavy atom. The zero-order chi connectivity index (χ0) is 19.2. The molecule has 3 unspecified atom stereocenters. The van der Waals surface area contributed by atoms with E-state index < -0.39 is 28.5 Å². The van der Waals surface area contributed by atoms with E-state index in [9.17, 15) is 14.4 Å². The molecule has 0 aromatic carbocycles. The zero-order valence-corrected chi connectivity index (χ0v) is 16.0. The molecule has 0 radical (unpaired) electrons. The van der Waals surface area contributed by atoms with Gasteiger partial charge in [0.25, 0.3) is 0 Å². The van der Waals surface area contributed by atoms with Crippen molar-refractivity contribution in [2.75, 3.05) is 39.3 Å². The van der Waals surface area contributed by atoms with Crippen molar-refractivity contribution in [1.82, 2.24) is 15.3 Å². The molecule has 2 heterocycles. The van der Waals surface area contributed by atoms with Crippen molar-refractivity contribution in [3.63, 3.8) is 0 Å². The number of nitrogens with zero attached hydrogens (tertiary/aromatic N) is 2. The first-order valence-corrected chi connectivity index (χ1v) is 10.2. The van der Waals surface area contributed by atoms with Crippen molar-refractivity contribution in [3.8, 4) is 0 Å². The smallest absolute Gasteiger partial charge is 0.341 e. The van der Waals surface area contributed by atoms with Crippen molar-refractivity contribution in [3.05, 3.63) is 0 Å². The molecule has 0 aromatic rings. The first-order chi connectivity index (χ1) is 12.9. The molecule has 4 fully saturated rings. The SMILES string of the molecule is CC1CCCC2(C(=O)ON3CCN(C4CCNCC4)CC3)C(=O)C(=O)C12N. The number of nitrogens with two attached hydrogens (primary N) is 1. The molecule has 2 aliphatic carbocycles. The summed E-state index contributed by atoms with van der Waals surface area (Å²) in [4.78, 5) is 45.8. The normalized spacial score (nSPS) is 39.0. The highest BCUT2D eigenvalue weighted by Gasteiger charge is 2.78. The summed E-state index contributed by atoms with van der Waals surface area (Å²) in [6.45, 7) is 6.85. The Balaban J connectivity index is 1.39. The molecule has 0 spiro atoms. The van der Waals surface area contributed by atoms with Gasteiger partial charge in [-0.15, -0.1) is 5.06 Å². The number of piperazine rings is 1. The summed E-state index contributed by atoms with van der Waals surface area (Å²) in [6.07, 6.45) is 4.06. The molecule has 27 heavy (non-hydrogen) atoms. The number of carbonyl (C=O) groups excluding carboxylic acids is 3. The second-order valence-electron chi connectivity index (χ2n) is 8.55. The van der Waals surface area contributed by atoms with Crippen LogP contribution in [0.1, 0.15) is 39.0 Å². The van der Waals surface area contributed by atoms with Gasteiger partial charge in [0.1, 0.15) is 5.54 Å². The minimum absolute atomic E-state index is 0.194. The summed E-state index contributed by atoms with van der Waals surface area (Å²) >= 11 is 0. The second kappa shape index (κ2) is 6.92. The van der Waals surface area contributed by atoms with Gasteiger partial charge in [0.15, 0.2) is 5.41 Å². The summed E-state index contributed by atoms with van der Waals surface area (Å²) in [6, 6.07) is 0.587. The molecule has 3 N–H and O–H groups in total. The molecule has 0 aromatic heterocycles. The van der Waals surface area contributed by atoms with Crippen LogP contribution in [0.2, 0.25) is 0 Å². The Morgan fingerprint density at radius 1 is 1.11 bits per heavy atom. The molecule has 150 valence electrons. The number of rotatable bonds is 3. The fraction of sp³-hybridized carbons (Fsp3) is 0.842. The maximum absolute atomic E-state index is 13.0. The maximum Gasteiger partial charge on any atom is 0.341 e. The molecular weight excluding hydrogens is 348 g/mol. The number of ketones is 2. The molecular formula is C19H30N4O4. The second-order valence-corrected chi connectivity index (χ2v) is 8.55. The lowest BCUT2D eigenvalue weighted by Crippen LogP contribution is -2.83. The van der Waals surface area contributed by atoms with Gasteiger partial charge in [-0.1, -0.05) is 13.3 Å². The van der Waals surface area contributed by atoms with Gasteiger partial charge in [0.2, 0.25) is 11.6 Å². The van der Waals surface area contributed by atoms with E-state index in [0.29, 0.717) is 32.0 Å². The lowest BCUT2D eigenvalue weighted by molar-refractivity contribution is -0.223. The quantitative estimate of drug-likeness (QED) is 0.499. The molecule has 4 rings (SSSR count). The van der Waals surface area contributed by atoms with Gasteiger partial charge in [-0.25, -0.2) is 4.79 Å². The lowest BCUT2D eigenvalue weighted by atomic mass is 9.44. The Kier molecular flexibility index (Phi) is 4.86. The zero-order valence-electron chi connectivity index (χ0n) is 16.0. The summed E-state index contributed by atoms with van der Waals surface area (Å²) in [7, 11) is 0. The Hall–Kier alpha value is -1.35. The monoisotopic (exact) mass is 378 g/mol. The van der Waals surface area contributed by atoms with Gasteiger partial charge in [-0.05, 0) is 44.7 Å². The molecule has 0 bridgehead atoms. The number of hydroxylamine groups is 2. The average molecular weight is 378 g/mol. The van der Waals surface area contributed by atoms with Gasteiger partial charge < -0.3 is 15.9 Å². The first-order valence-electron chi connectivity index (χ1n) is 10.2. The van der Waals surface area contributed by atoms with Gasteiger partial charge in [0.05, 0.1) is 0 Å². The number of nitrogens with one attached hydrogen (secondary N) is 1. The van der Waals surface area contributed by atoms with Crippen molar-refractivity contribution >= 4 is 17.5 Å². The molecule has 3 atom stereocenters. The summed E-state index contributed by atoms with van der Waals surface area (Å²) < 4.78 is 0. The van der Waals surface area contributed by atoms with E-state index in [0.717, 1.165) is 45.4 Å². The van der Waals surface area contributed by atoms with Crippen molar-refractivity contribution in [2.45, 2.75) is 50.6 Å². The molecule has 8 heteroatoms. The first kappa shape index (κ1) is 19.0. The minimum Gasteiger partial charge on any atom is -0.367 e. The highest BCUT2D eigenvalue weighted by atomic mass is 16.7. The van der Waals surface area contributed by atoms with E-state index in [1.54, 1.807) is 5.06 Å². The number of piperidine rings is 1. The number of hydrogen-bond acceptors (Lipinski definition) is 8. The van der Waals surface area contributed by atoms with Gasteiger partial charge in [0, 0.05) is 32.2 Å². The number of carbonyl (C=O) groups is 3. The van der Waals surface area contributed by atoms with E-state index in [1.165, 1.54) is 0 Å². The fourth-order valence-corrected chi connectivity index (χ4v) is 5.46. The van der Waals surface area contributed by atoms with Crippen LogP contribution in [0.15, 0.2) is 0 Å². The summed E-state index contributed by atoms with van der Waals surface area (Å²) in [5, 5.41) is 5.02. The summed E-state index contributed by atoms with van der Waals surface area (Å²) in [5.74, 6) is -2.09. The predicted octanol–water partition coefficient (Wildman–Crippen LogP) is -0.530. The van der Waals surface area contributed by atoms with Gasteiger partial charge in [-0.3, -0.25) is 14.5 Å². The fourth-order valence-electron chi connectivity index (χ4n) is 5.46. The molecule has 8 nitrogen and oxygen atoms in total. The van der Waals surface area contributed by atoms with Crippen molar-refractivity contribution < 1.29 is 19.2 Å². The van der Waals surface area contributed by atoms with Crippen LogP contribution in [0.25, 0.3) is 0 Å². The van der Waals surface area contributed by atoms with E-state index >= 15 is 0 Å². The van der Waals surface area contributed by atoms with Crippen LogP contribution in [0, 0.1) is 11.3 Å². The Morgan fingerprint density at radius 2 is 1.78 bits per heavy atom. The van der Waals surface area contributed by atoms with Crippen LogP contribution in [-0.4, -0.2) is 78.3 Å². The highest BCUT2D eigenvalue weighted by molar-refractivity contribution is 6.55. The van der Waals surface area contributed by atoms with Gasteiger partial charge in [-0.2, -0.15) is 0 Å². The number of fused-ring (bicyclic) bond motifs is 1. The topological polar surface area (TPSA) is 105 Å². The predicted molar refractivity (Wildman–Crippen MR) is 97.5 cm³/mol.